The monoisotopic (exact) mass is 370 g/mol. The summed E-state index contributed by atoms with van der Waals surface area (Å²) in [7, 11) is 0. The number of nitrogens with zero attached hydrogens (tertiary/aromatic N) is 1. The average molecular weight is 371 g/mol. The minimum atomic E-state index is -0.220. The largest absolute Gasteiger partial charge is 0.348 e. The third-order valence-corrected chi connectivity index (χ3v) is 5.96. The van der Waals surface area contributed by atoms with Gasteiger partial charge in [-0.15, -0.1) is 11.3 Å². The molecule has 0 bridgehead atoms. The van der Waals surface area contributed by atoms with Crippen LogP contribution in [-0.4, -0.2) is 29.8 Å². The highest BCUT2D eigenvalue weighted by Crippen LogP contribution is 2.26. The molecule has 1 unspecified atom stereocenters. The van der Waals surface area contributed by atoms with Crippen LogP contribution in [0.25, 0.3) is 0 Å². The van der Waals surface area contributed by atoms with E-state index in [1.54, 1.807) is 11.3 Å². The second kappa shape index (κ2) is 8.99. The zero-order valence-electron chi connectivity index (χ0n) is 15.2. The molecular formula is C21H26N2O2S. The lowest BCUT2D eigenvalue weighted by molar-refractivity contribution is -0.133. The van der Waals surface area contributed by atoms with Gasteiger partial charge in [0.2, 0.25) is 11.8 Å². The summed E-state index contributed by atoms with van der Waals surface area (Å²) in [5.74, 6) is 0.679. The molecular weight excluding hydrogens is 344 g/mol. The molecule has 138 valence electrons. The Morgan fingerprint density at radius 2 is 1.88 bits per heavy atom. The standard InChI is InChI=1S/C21H26N2O2S/c1-16(24)22-19(20-8-5-13-26-20)15-21(25)23-11-9-18(10-12-23)14-17-6-3-2-4-7-17/h2-8,13,18-19H,9-12,14-15H2,1H3,(H,22,24). The first kappa shape index (κ1) is 18.6. The number of carbonyl (C=O) groups is 2. The Hall–Kier alpha value is -2.14. The molecule has 0 spiro atoms. The SMILES string of the molecule is CC(=O)NC(CC(=O)N1CCC(Cc2ccccc2)CC1)c1cccs1. The second-order valence-electron chi connectivity index (χ2n) is 6.99. The van der Waals surface area contributed by atoms with E-state index in [0.717, 1.165) is 37.2 Å². The number of benzene rings is 1. The van der Waals surface area contributed by atoms with Crippen molar-refractivity contribution in [3.8, 4) is 0 Å². The highest BCUT2D eigenvalue weighted by atomic mass is 32.1. The van der Waals surface area contributed by atoms with Gasteiger partial charge in [0.05, 0.1) is 12.5 Å². The van der Waals surface area contributed by atoms with E-state index < -0.39 is 0 Å². The minimum Gasteiger partial charge on any atom is -0.348 e. The third kappa shape index (κ3) is 5.18. The van der Waals surface area contributed by atoms with E-state index in [1.807, 2.05) is 28.5 Å². The van der Waals surface area contributed by atoms with Crippen LogP contribution in [0.2, 0.25) is 0 Å². The molecule has 1 N–H and O–H groups in total. The summed E-state index contributed by atoms with van der Waals surface area (Å²) in [6.07, 6.45) is 3.52. The molecule has 2 amide bonds. The topological polar surface area (TPSA) is 49.4 Å². The molecule has 0 aliphatic carbocycles. The maximum atomic E-state index is 12.7. The Balaban J connectivity index is 1.51. The number of piperidine rings is 1. The van der Waals surface area contributed by atoms with Gasteiger partial charge < -0.3 is 10.2 Å². The molecule has 0 saturated carbocycles. The zero-order valence-corrected chi connectivity index (χ0v) is 16.0. The number of hydrogen-bond donors (Lipinski definition) is 1. The van der Waals surface area contributed by atoms with Crippen LogP contribution in [0.1, 0.15) is 42.7 Å². The summed E-state index contributed by atoms with van der Waals surface area (Å²) in [6.45, 7) is 3.13. The van der Waals surface area contributed by atoms with Crippen LogP contribution in [0.3, 0.4) is 0 Å². The van der Waals surface area contributed by atoms with Gasteiger partial charge in [-0.05, 0) is 42.2 Å². The van der Waals surface area contributed by atoms with Crippen LogP contribution < -0.4 is 5.32 Å². The molecule has 1 atom stereocenters. The van der Waals surface area contributed by atoms with Crippen molar-refractivity contribution in [3.05, 3.63) is 58.3 Å². The number of carbonyl (C=O) groups excluding carboxylic acids is 2. The average Bonchev–Trinajstić information content (AvgIpc) is 3.17. The Bertz CT molecular complexity index is 707. The number of hydrogen-bond acceptors (Lipinski definition) is 3. The molecule has 4 nitrogen and oxygen atoms in total. The van der Waals surface area contributed by atoms with Crippen molar-refractivity contribution in [2.45, 2.75) is 38.6 Å². The van der Waals surface area contributed by atoms with Gasteiger partial charge in [-0.25, -0.2) is 0 Å². The summed E-state index contributed by atoms with van der Waals surface area (Å²) >= 11 is 1.58. The van der Waals surface area contributed by atoms with Gasteiger partial charge in [0, 0.05) is 24.9 Å². The normalized spacial score (nSPS) is 16.3. The van der Waals surface area contributed by atoms with E-state index >= 15 is 0 Å². The Kier molecular flexibility index (Phi) is 6.45. The maximum absolute atomic E-state index is 12.7. The summed E-state index contributed by atoms with van der Waals surface area (Å²) < 4.78 is 0. The van der Waals surface area contributed by atoms with E-state index in [-0.39, 0.29) is 17.9 Å². The van der Waals surface area contributed by atoms with Crippen molar-refractivity contribution in [1.82, 2.24) is 10.2 Å². The molecule has 1 fully saturated rings. The van der Waals surface area contributed by atoms with Gasteiger partial charge in [0.15, 0.2) is 0 Å². The van der Waals surface area contributed by atoms with E-state index in [9.17, 15) is 9.59 Å². The number of thiophene rings is 1. The summed E-state index contributed by atoms with van der Waals surface area (Å²) in [6, 6.07) is 14.3. The number of nitrogens with one attached hydrogen (secondary N) is 1. The second-order valence-corrected chi connectivity index (χ2v) is 7.97. The molecule has 1 aromatic carbocycles. The molecule has 1 aliphatic heterocycles. The first-order valence-corrected chi connectivity index (χ1v) is 10.1. The Morgan fingerprint density at radius 3 is 2.50 bits per heavy atom. The molecule has 1 aromatic heterocycles. The van der Waals surface area contributed by atoms with Crippen molar-refractivity contribution in [2.75, 3.05) is 13.1 Å². The lowest BCUT2D eigenvalue weighted by atomic mass is 9.90. The predicted octanol–water partition coefficient (Wildman–Crippen LogP) is 3.80. The quantitative estimate of drug-likeness (QED) is 0.841. The minimum absolute atomic E-state index is 0.0993. The Labute approximate surface area is 159 Å². The molecule has 26 heavy (non-hydrogen) atoms. The van der Waals surface area contributed by atoms with E-state index in [4.69, 9.17) is 0 Å². The van der Waals surface area contributed by atoms with Gasteiger partial charge >= 0.3 is 0 Å². The number of rotatable bonds is 6. The van der Waals surface area contributed by atoms with E-state index in [1.165, 1.54) is 12.5 Å². The van der Waals surface area contributed by atoms with Crippen LogP contribution in [0.4, 0.5) is 0 Å². The summed E-state index contributed by atoms with van der Waals surface area (Å²) in [4.78, 5) is 27.2. The molecule has 2 aromatic rings. The van der Waals surface area contributed by atoms with Crippen LogP contribution >= 0.6 is 11.3 Å². The maximum Gasteiger partial charge on any atom is 0.225 e. The van der Waals surface area contributed by atoms with Crippen LogP contribution in [0, 0.1) is 5.92 Å². The third-order valence-electron chi connectivity index (χ3n) is 4.98. The molecule has 1 saturated heterocycles. The fourth-order valence-electron chi connectivity index (χ4n) is 3.60. The van der Waals surface area contributed by atoms with Crippen molar-refractivity contribution < 1.29 is 9.59 Å². The molecule has 0 radical (unpaired) electrons. The predicted molar refractivity (Wildman–Crippen MR) is 105 cm³/mol. The van der Waals surface area contributed by atoms with Gasteiger partial charge in [0.1, 0.15) is 0 Å². The Morgan fingerprint density at radius 1 is 1.15 bits per heavy atom. The van der Waals surface area contributed by atoms with Gasteiger partial charge in [0.25, 0.3) is 0 Å². The summed E-state index contributed by atoms with van der Waals surface area (Å²) in [5, 5.41) is 4.89. The van der Waals surface area contributed by atoms with Crippen LogP contribution in [0.5, 0.6) is 0 Å². The zero-order chi connectivity index (χ0) is 18.4. The van der Waals surface area contributed by atoms with Crippen molar-refractivity contribution in [1.29, 1.82) is 0 Å². The van der Waals surface area contributed by atoms with Crippen LogP contribution in [-0.2, 0) is 16.0 Å². The van der Waals surface area contributed by atoms with Gasteiger partial charge in [-0.1, -0.05) is 36.4 Å². The molecule has 3 rings (SSSR count). The highest BCUT2D eigenvalue weighted by Gasteiger charge is 2.26. The number of likely N-dealkylation sites (tertiary alicyclic amines) is 1. The lowest BCUT2D eigenvalue weighted by Gasteiger charge is -2.33. The van der Waals surface area contributed by atoms with Crippen molar-refractivity contribution in [3.63, 3.8) is 0 Å². The highest BCUT2D eigenvalue weighted by molar-refractivity contribution is 7.10. The molecule has 1 aliphatic rings. The fraction of sp³-hybridized carbons (Fsp3) is 0.429. The summed E-state index contributed by atoms with van der Waals surface area (Å²) in [5.41, 5.74) is 1.38. The fourth-order valence-corrected chi connectivity index (χ4v) is 4.37. The van der Waals surface area contributed by atoms with Gasteiger partial charge in [-0.2, -0.15) is 0 Å². The van der Waals surface area contributed by atoms with Crippen molar-refractivity contribution >= 4 is 23.2 Å². The van der Waals surface area contributed by atoms with Crippen LogP contribution in [0.15, 0.2) is 47.8 Å². The van der Waals surface area contributed by atoms with Gasteiger partial charge in [-0.3, -0.25) is 9.59 Å². The number of amides is 2. The van der Waals surface area contributed by atoms with Crippen molar-refractivity contribution in [2.24, 2.45) is 5.92 Å². The lowest BCUT2D eigenvalue weighted by Crippen LogP contribution is -2.41. The molecule has 5 heteroatoms. The van der Waals surface area contributed by atoms with E-state index in [0.29, 0.717) is 12.3 Å². The smallest absolute Gasteiger partial charge is 0.225 e. The van der Waals surface area contributed by atoms with E-state index in [2.05, 4.69) is 29.6 Å². The molecule has 2 heterocycles. The first-order chi connectivity index (χ1) is 12.6. The first-order valence-electron chi connectivity index (χ1n) is 9.24.